The van der Waals surface area contributed by atoms with Crippen LogP contribution in [0.3, 0.4) is 0 Å². The molecule has 0 amide bonds. The Balaban J connectivity index is 1.54. The van der Waals surface area contributed by atoms with E-state index in [9.17, 15) is 4.79 Å². The predicted octanol–water partition coefficient (Wildman–Crippen LogP) is 2.43. The molecule has 1 aromatic rings. The van der Waals surface area contributed by atoms with Crippen molar-refractivity contribution in [2.45, 2.75) is 57.4 Å². The predicted molar refractivity (Wildman–Crippen MR) is 79.0 cm³/mol. The molecule has 2 heterocycles. The SMILES string of the molecule is CC1(C)OC2CC(=O)O[C@H](COCc3ccccc3)CC2O1. The maximum absolute atomic E-state index is 11.9. The normalized spacial score (nSPS) is 30.5. The summed E-state index contributed by atoms with van der Waals surface area (Å²) in [5.41, 5.74) is 1.10. The summed E-state index contributed by atoms with van der Waals surface area (Å²) in [6.07, 6.45) is 0.217. The minimum Gasteiger partial charge on any atom is -0.460 e. The van der Waals surface area contributed by atoms with Crippen LogP contribution in [0, 0.1) is 0 Å². The van der Waals surface area contributed by atoms with Crippen LogP contribution in [0.2, 0.25) is 0 Å². The molecule has 0 N–H and O–H groups in total. The van der Waals surface area contributed by atoms with Gasteiger partial charge >= 0.3 is 5.97 Å². The van der Waals surface area contributed by atoms with Gasteiger partial charge in [-0.2, -0.15) is 0 Å². The summed E-state index contributed by atoms with van der Waals surface area (Å²) in [5.74, 6) is -0.885. The zero-order valence-corrected chi connectivity index (χ0v) is 13.0. The number of hydrogen-bond acceptors (Lipinski definition) is 5. The fraction of sp³-hybridized carbons (Fsp3) is 0.588. The van der Waals surface area contributed by atoms with E-state index in [1.54, 1.807) is 0 Å². The Kier molecular flexibility index (Phi) is 4.47. The second-order valence-electron chi connectivity index (χ2n) is 6.26. The lowest BCUT2D eigenvalue weighted by atomic mass is 10.1. The van der Waals surface area contributed by atoms with Crippen LogP contribution >= 0.6 is 0 Å². The Labute approximate surface area is 130 Å². The van der Waals surface area contributed by atoms with E-state index in [1.165, 1.54) is 0 Å². The van der Waals surface area contributed by atoms with Gasteiger partial charge in [-0.15, -0.1) is 0 Å². The number of carbonyl (C=O) groups is 1. The number of cyclic esters (lactones) is 1. The van der Waals surface area contributed by atoms with Crippen molar-refractivity contribution in [1.82, 2.24) is 0 Å². The molecule has 22 heavy (non-hydrogen) atoms. The first-order valence-electron chi connectivity index (χ1n) is 7.69. The van der Waals surface area contributed by atoms with Gasteiger partial charge in [0.25, 0.3) is 0 Å². The lowest BCUT2D eigenvalue weighted by Crippen LogP contribution is -2.28. The fourth-order valence-electron chi connectivity index (χ4n) is 2.97. The molecule has 5 nitrogen and oxygen atoms in total. The molecule has 0 bridgehead atoms. The lowest BCUT2D eigenvalue weighted by Gasteiger charge is -2.20. The largest absolute Gasteiger partial charge is 0.460 e. The fourth-order valence-corrected chi connectivity index (χ4v) is 2.97. The Morgan fingerprint density at radius 3 is 2.68 bits per heavy atom. The van der Waals surface area contributed by atoms with Gasteiger partial charge in [-0.3, -0.25) is 4.79 Å². The molecule has 2 fully saturated rings. The number of hydrogen-bond donors (Lipinski definition) is 0. The van der Waals surface area contributed by atoms with Gasteiger partial charge in [0.2, 0.25) is 0 Å². The average Bonchev–Trinajstić information content (AvgIpc) is 2.65. The van der Waals surface area contributed by atoms with Crippen molar-refractivity contribution < 1.29 is 23.7 Å². The third kappa shape index (κ3) is 3.85. The van der Waals surface area contributed by atoms with Gasteiger partial charge in [0.05, 0.1) is 31.8 Å². The second-order valence-corrected chi connectivity index (χ2v) is 6.26. The monoisotopic (exact) mass is 306 g/mol. The summed E-state index contributed by atoms with van der Waals surface area (Å²) < 4.78 is 22.7. The van der Waals surface area contributed by atoms with Crippen LogP contribution in [-0.4, -0.2) is 36.7 Å². The summed E-state index contributed by atoms with van der Waals surface area (Å²) in [6, 6.07) is 9.93. The number of carbonyl (C=O) groups excluding carboxylic acids is 1. The highest BCUT2D eigenvalue weighted by molar-refractivity contribution is 5.70. The molecule has 0 radical (unpaired) electrons. The van der Waals surface area contributed by atoms with Gasteiger partial charge in [0, 0.05) is 6.42 Å². The quantitative estimate of drug-likeness (QED) is 0.800. The van der Waals surface area contributed by atoms with Crippen molar-refractivity contribution in [2.24, 2.45) is 0 Å². The van der Waals surface area contributed by atoms with Crippen LogP contribution in [0.25, 0.3) is 0 Å². The molecule has 1 aromatic carbocycles. The maximum atomic E-state index is 11.9. The standard InChI is InChI=1S/C17H22O5/c1-17(2)21-14-8-13(20-16(18)9-15(14)22-17)11-19-10-12-6-4-3-5-7-12/h3-7,13-15H,8-11H2,1-2H3/t13-,14?,15?/m0/s1. The molecule has 120 valence electrons. The number of esters is 1. The molecule has 0 saturated carbocycles. The maximum Gasteiger partial charge on any atom is 0.308 e. The van der Waals surface area contributed by atoms with E-state index in [4.69, 9.17) is 18.9 Å². The summed E-state index contributed by atoms with van der Waals surface area (Å²) in [4.78, 5) is 11.9. The van der Waals surface area contributed by atoms with Crippen molar-refractivity contribution in [3.8, 4) is 0 Å². The Morgan fingerprint density at radius 2 is 1.91 bits per heavy atom. The Morgan fingerprint density at radius 1 is 1.18 bits per heavy atom. The molecule has 0 aliphatic carbocycles. The lowest BCUT2D eigenvalue weighted by molar-refractivity contribution is -0.168. The first-order valence-corrected chi connectivity index (χ1v) is 7.69. The summed E-state index contributed by atoms with van der Waals surface area (Å²) >= 11 is 0. The van der Waals surface area contributed by atoms with Crippen LogP contribution in [0.4, 0.5) is 0 Å². The molecular formula is C17H22O5. The van der Waals surface area contributed by atoms with E-state index in [2.05, 4.69) is 0 Å². The van der Waals surface area contributed by atoms with Crippen molar-refractivity contribution in [2.75, 3.05) is 6.61 Å². The number of ether oxygens (including phenoxy) is 4. The smallest absolute Gasteiger partial charge is 0.308 e. The molecule has 2 unspecified atom stereocenters. The zero-order chi connectivity index (χ0) is 15.6. The van der Waals surface area contributed by atoms with E-state index in [0.29, 0.717) is 19.6 Å². The molecule has 2 aliphatic rings. The number of fused-ring (bicyclic) bond motifs is 1. The highest BCUT2D eigenvalue weighted by Gasteiger charge is 2.45. The van der Waals surface area contributed by atoms with Crippen LogP contribution in [0.1, 0.15) is 32.3 Å². The van der Waals surface area contributed by atoms with Crippen molar-refractivity contribution >= 4 is 5.97 Å². The van der Waals surface area contributed by atoms with E-state index >= 15 is 0 Å². The molecule has 3 atom stereocenters. The second kappa shape index (κ2) is 6.36. The summed E-state index contributed by atoms with van der Waals surface area (Å²) in [5, 5.41) is 0. The zero-order valence-electron chi connectivity index (χ0n) is 13.0. The van der Waals surface area contributed by atoms with Gasteiger partial charge in [0.1, 0.15) is 6.10 Å². The third-order valence-corrected chi connectivity index (χ3v) is 3.86. The van der Waals surface area contributed by atoms with E-state index < -0.39 is 5.79 Å². The molecule has 2 aliphatic heterocycles. The third-order valence-electron chi connectivity index (χ3n) is 3.86. The topological polar surface area (TPSA) is 54.0 Å². The van der Waals surface area contributed by atoms with E-state index in [-0.39, 0.29) is 30.7 Å². The highest BCUT2D eigenvalue weighted by atomic mass is 16.8. The Hall–Kier alpha value is -1.43. The van der Waals surface area contributed by atoms with Crippen LogP contribution in [0.5, 0.6) is 0 Å². The molecule has 2 saturated heterocycles. The van der Waals surface area contributed by atoms with Crippen molar-refractivity contribution in [3.05, 3.63) is 35.9 Å². The average molecular weight is 306 g/mol. The van der Waals surface area contributed by atoms with Crippen LogP contribution in [0.15, 0.2) is 30.3 Å². The molecule has 0 aromatic heterocycles. The first kappa shape index (κ1) is 15.5. The van der Waals surface area contributed by atoms with Crippen molar-refractivity contribution in [3.63, 3.8) is 0 Å². The minimum absolute atomic E-state index is 0.119. The van der Waals surface area contributed by atoms with Crippen molar-refractivity contribution in [1.29, 1.82) is 0 Å². The van der Waals surface area contributed by atoms with Gasteiger partial charge in [0.15, 0.2) is 5.79 Å². The van der Waals surface area contributed by atoms with Crippen LogP contribution in [-0.2, 0) is 30.3 Å². The minimum atomic E-state index is -0.637. The molecule has 3 rings (SSSR count). The molecule has 5 heteroatoms. The van der Waals surface area contributed by atoms with E-state index in [1.807, 2.05) is 44.2 Å². The molecule has 0 spiro atoms. The van der Waals surface area contributed by atoms with Gasteiger partial charge in [-0.1, -0.05) is 30.3 Å². The number of benzene rings is 1. The Bertz CT molecular complexity index is 513. The van der Waals surface area contributed by atoms with Gasteiger partial charge in [-0.05, 0) is 19.4 Å². The number of rotatable bonds is 4. The summed E-state index contributed by atoms with van der Waals surface area (Å²) in [7, 11) is 0. The van der Waals surface area contributed by atoms with Crippen LogP contribution < -0.4 is 0 Å². The van der Waals surface area contributed by atoms with Gasteiger partial charge < -0.3 is 18.9 Å². The first-order chi connectivity index (χ1) is 10.5. The summed E-state index contributed by atoms with van der Waals surface area (Å²) in [6.45, 7) is 4.61. The van der Waals surface area contributed by atoms with Gasteiger partial charge in [-0.25, -0.2) is 0 Å². The highest BCUT2D eigenvalue weighted by Crippen LogP contribution is 2.34. The van der Waals surface area contributed by atoms with E-state index in [0.717, 1.165) is 5.56 Å². The molecular weight excluding hydrogens is 284 g/mol.